The maximum atomic E-state index is 5.40. The molecule has 1 N–H and O–H groups in total. The largest absolute Gasteiger partial charge is 0.493 e. The highest BCUT2D eigenvalue weighted by Gasteiger charge is 2.17. The standard InChI is InChI=1S/C16H28N2O3/c1-11(10-18(3)4)17-12(2)13-8-14(19-5)16(21-7)15(9-13)20-6/h8-9,11-12,17H,10H2,1-7H3. The number of rotatable bonds is 8. The second-order valence-corrected chi connectivity index (χ2v) is 5.51. The molecule has 0 spiro atoms. The van der Waals surface area contributed by atoms with Gasteiger partial charge < -0.3 is 24.4 Å². The molecule has 0 radical (unpaired) electrons. The van der Waals surface area contributed by atoms with Crippen LogP contribution in [0.1, 0.15) is 25.5 Å². The van der Waals surface area contributed by atoms with Gasteiger partial charge in [-0.1, -0.05) is 0 Å². The number of hydrogen-bond donors (Lipinski definition) is 1. The molecule has 0 heterocycles. The summed E-state index contributed by atoms with van der Waals surface area (Å²) < 4.78 is 16.1. The van der Waals surface area contributed by atoms with E-state index in [9.17, 15) is 0 Å². The van der Waals surface area contributed by atoms with E-state index in [0.717, 1.165) is 12.1 Å². The monoisotopic (exact) mass is 296 g/mol. The number of ether oxygens (including phenoxy) is 3. The Labute approximate surface area is 128 Å². The molecule has 1 aromatic carbocycles. The van der Waals surface area contributed by atoms with Crippen molar-refractivity contribution in [1.29, 1.82) is 0 Å². The molecule has 0 aliphatic heterocycles. The second kappa shape index (κ2) is 8.10. The lowest BCUT2D eigenvalue weighted by molar-refractivity contribution is 0.319. The van der Waals surface area contributed by atoms with Crippen molar-refractivity contribution in [3.63, 3.8) is 0 Å². The first-order chi connectivity index (χ1) is 9.92. The number of nitrogens with zero attached hydrogens (tertiary/aromatic N) is 1. The van der Waals surface area contributed by atoms with Gasteiger partial charge >= 0.3 is 0 Å². The normalized spacial score (nSPS) is 13.9. The van der Waals surface area contributed by atoms with Crippen molar-refractivity contribution in [3.8, 4) is 17.2 Å². The fourth-order valence-corrected chi connectivity index (χ4v) is 2.47. The first kappa shape index (κ1) is 17.6. The van der Waals surface area contributed by atoms with E-state index in [4.69, 9.17) is 14.2 Å². The average Bonchev–Trinajstić information content (AvgIpc) is 2.44. The molecular weight excluding hydrogens is 268 g/mol. The third-order valence-corrected chi connectivity index (χ3v) is 3.36. The summed E-state index contributed by atoms with van der Waals surface area (Å²) in [7, 11) is 9.02. The van der Waals surface area contributed by atoms with Gasteiger partial charge in [0.25, 0.3) is 0 Å². The molecule has 5 nitrogen and oxygen atoms in total. The van der Waals surface area contributed by atoms with Crippen LogP contribution in [0.25, 0.3) is 0 Å². The SMILES string of the molecule is COc1cc(C(C)NC(C)CN(C)C)cc(OC)c1OC. The van der Waals surface area contributed by atoms with E-state index in [0.29, 0.717) is 23.3 Å². The van der Waals surface area contributed by atoms with E-state index in [2.05, 4.69) is 38.2 Å². The quantitative estimate of drug-likeness (QED) is 0.797. The number of methoxy groups -OCH3 is 3. The van der Waals surface area contributed by atoms with Crippen molar-refractivity contribution >= 4 is 0 Å². The molecule has 0 aliphatic rings. The van der Waals surface area contributed by atoms with Gasteiger partial charge in [-0.25, -0.2) is 0 Å². The number of hydrogen-bond acceptors (Lipinski definition) is 5. The zero-order valence-electron chi connectivity index (χ0n) is 14.2. The minimum Gasteiger partial charge on any atom is -0.493 e. The maximum absolute atomic E-state index is 5.40. The van der Waals surface area contributed by atoms with Gasteiger partial charge in [0.1, 0.15) is 0 Å². The van der Waals surface area contributed by atoms with Crippen LogP contribution < -0.4 is 19.5 Å². The van der Waals surface area contributed by atoms with E-state index in [1.165, 1.54) is 0 Å². The van der Waals surface area contributed by atoms with Crippen LogP contribution in [0.4, 0.5) is 0 Å². The number of nitrogens with one attached hydrogen (secondary N) is 1. The van der Waals surface area contributed by atoms with E-state index < -0.39 is 0 Å². The molecule has 1 aromatic rings. The molecule has 0 saturated heterocycles. The van der Waals surface area contributed by atoms with Crippen LogP contribution in [0.3, 0.4) is 0 Å². The van der Waals surface area contributed by atoms with Gasteiger partial charge in [-0.2, -0.15) is 0 Å². The molecule has 0 aromatic heterocycles. The smallest absolute Gasteiger partial charge is 0.203 e. The fourth-order valence-electron chi connectivity index (χ4n) is 2.47. The van der Waals surface area contributed by atoms with Gasteiger partial charge in [0.05, 0.1) is 21.3 Å². The van der Waals surface area contributed by atoms with Crippen LogP contribution in [0.5, 0.6) is 17.2 Å². The molecule has 0 saturated carbocycles. The predicted molar refractivity (Wildman–Crippen MR) is 85.7 cm³/mol. The Balaban J connectivity index is 2.96. The van der Waals surface area contributed by atoms with E-state index >= 15 is 0 Å². The Morgan fingerprint density at radius 3 is 1.90 bits per heavy atom. The van der Waals surface area contributed by atoms with Crippen LogP contribution in [-0.2, 0) is 0 Å². The Morgan fingerprint density at radius 1 is 1.00 bits per heavy atom. The fraction of sp³-hybridized carbons (Fsp3) is 0.625. The molecule has 2 unspecified atom stereocenters. The van der Waals surface area contributed by atoms with Crippen LogP contribution in [0.15, 0.2) is 12.1 Å². The average molecular weight is 296 g/mol. The first-order valence-corrected chi connectivity index (χ1v) is 7.13. The molecule has 1 rings (SSSR count). The summed E-state index contributed by atoms with van der Waals surface area (Å²) in [5, 5.41) is 3.57. The molecule has 2 atom stereocenters. The van der Waals surface area contributed by atoms with Crippen molar-refractivity contribution in [3.05, 3.63) is 17.7 Å². The lowest BCUT2D eigenvalue weighted by Crippen LogP contribution is -2.37. The molecule has 120 valence electrons. The molecule has 0 amide bonds. The molecular formula is C16H28N2O3. The van der Waals surface area contributed by atoms with Gasteiger partial charge in [0.2, 0.25) is 5.75 Å². The molecule has 21 heavy (non-hydrogen) atoms. The maximum Gasteiger partial charge on any atom is 0.203 e. The minimum atomic E-state index is 0.189. The van der Waals surface area contributed by atoms with E-state index in [1.807, 2.05) is 12.1 Å². The van der Waals surface area contributed by atoms with Crippen molar-refractivity contribution < 1.29 is 14.2 Å². The molecule has 0 bridgehead atoms. The topological polar surface area (TPSA) is 43.0 Å². The summed E-state index contributed by atoms with van der Waals surface area (Å²) in [6.07, 6.45) is 0. The second-order valence-electron chi connectivity index (χ2n) is 5.51. The highest BCUT2D eigenvalue weighted by atomic mass is 16.5. The summed E-state index contributed by atoms with van der Waals surface area (Å²) in [5.41, 5.74) is 1.11. The predicted octanol–water partition coefficient (Wildman–Crippen LogP) is 2.31. The van der Waals surface area contributed by atoms with E-state index in [1.54, 1.807) is 21.3 Å². The van der Waals surface area contributed by atoms with Gasteiger partial charge in [-0.05, 0) is 45.6 Å². The van der Waals surface area contributed by atoms with Gasteiger partial charge in [-0.3, -0.25) is 0 Å². The van der Waals surface area contributed by atoms with Gasteiger partial charge in [0.15, 0.2) is 11.5 Å². The summed E-state index contributed by atoms with van der Waals surface area (Å²) in [4.78, 5) is 2.17. The third kappa shape index (κ3) is 4.79. The molecule has 0 fully saturated rings. The van der Waals surface area contributed by atoms with Crippen LogP contribution >= 0.6 is 0 Å². The van der Waals surface area contributed by atoms with Crippen LogP contribution in [0, 0.1) is 0 Å². The van der Waals surface area contributed by atoms with E-state index in [-0.39, 0.29) is 6.04 Å². The molecule has 0 aliphatic carbocycles. The lowest BCUT2D eigenvalue weighted by Gasteiger charge is -2.24. The summed E-state index contributed by atoms with van der Waals surface area (Å²) in [6, 6.07) is 4.55. The number of likely N-dealkylation sites (N-methyl/N-ethyl adjacent to an activating group) is 1. The zero-order valence-corrected chi connectivity index (χ0v) is 14.2. The van der Waals surface area contributed by atoms with Crippen molar-refractivity contribution in [1.82, 2.24) is 10.2 Å². The Hall–Kier alpha value is -1.46. The van der Waals surface area contributed by atoms with Crippen molar-refractivity contribution in [2.75, 3.05) is 42.0 Å². The Morgan fingerprint density at radius 2 is 1.52 bits per heavy atom. The lowest BCUT2D eigenvalue weighted by atomic mass is 10.1. The summed E-state index contributed by atoms with van der Waals surface area (Å²) in [5.74, 6) is 1.99. The van der Waals surface area contributed by atoms with Crippen molar-refractivity contribution in [2.45, 2.75) is 25.9 Å². The summed E-state index contributed by atoms with van der Waals surface area (Å²) >= 11 is 0. The van der Waals surface area contributed by atoms with Gasteiger partial charge in [0, 0.05) is 18.6 Å². The molecule has 5 heteroatoms. The Bertz CT molecular complexity index is 424. The highest BCUT2D eigenvalue weighted by molar-refractivity contribution is 5.54. The minimum absolute atomic E-state index is 0.189. The third-order valence-electron chi connectivity index (χ3n) is 3.36. The van der Waals surface area contributed by atoms with Crippen molar-refractivity contribution in [2.24, 2.45) is 0 Å². The van der Waals surface area contributed by atoms with Crippen LogP contribution in [-0.4, -0.2) is 52.9 Å². The first-order valence-electron chi connectivity index (χ1n) is 7.13. The highest BCUT2D eigenvalue weighted by Crippen LogP contribution is 2.39. The Kier molecular flexibility index (Phi) is 6.78. The zero-order chi connectivity index (χ0) is 16.0. The van der Waals surface area contributed by atoms with Crippen LogP contribution in [0.2, 0.25) is 0 Å². The summed E-state index contributed by atoms with van der Waals surface area (Å²) in [6.45, 7) is 5.29. The number of benzene rings is 1. The van der Waals surface area contributed by atoms with Gasteiger partial charge in [-0.15, -0.1) is 0 Å².